The van der Waals surface area contributed by atoms with E-state index >= 15 is 0 Å². The Labute approximate surface area is 128 Å². The van der Waals surface area contributed by atoms with Gasteiger partial charge in [-0.05, 0) is 70.3 Å². The lowest BCUT2D eigenvalue weighted by Gasteiger charge is -2.46. The van der Waals surface area contributed by atoms with Crippen LogP contribution in [-0.4, -0.2) is 36.7 Å². The minimum Gasteiger partial charge on any atom is -0.491 e. The predicted octanol–water partition coefficient (Wildman–Crippen LogP) is 3.22. The molecular weight excluding hydrogens is 260 g/mol. The number of hydrogen-bond donors (Lipinski definition) is 1. The molecule has 0 radical (unpaired) electrons. The van der Waals surface area contributed by atoms with Crippen molar-refractivity contribution in [2.75, 3.05) is 19.6 Å². The van der Waals surface area contributed by atoms with Crippen LogP contribution in [-0.2, 0) is 0 Å². The number of hydrogen-bond acceptors (Lipinski definition) is 3. The average molecular weight is 288 g/mol. The Bertz CT molecular complexity index is 466. The third kappa shape index (κ3) is 3.58. The van der Waals surface area contributed by atoms with Crippen LogP contribution in [0.5, 0.6) is 5.75 Å². The zero-order valence-electron chi connectivity index (χ0n) is 13.5. The molecular formula is C18H28N2O. The second kappa shape index (κ2) is 6.37. The van der Waals surface area contributed by atoms with Crippen molar-refractivity contribution >= 4 is 0 Å². The van der Waals surface area contributed by atoms with E-state index in [1.165, 1.54) is 38.0 Å². The SMILES string of the molecule is CC(C)Oc1cccc(C(C)NC2CN3CCC2CC3)c1. The highest BCUT2D eigenvalue weighted by Crippen LogP contribution is 2.29. The highest BCUT2D eigenvalue weighted by Gasteiger charge is 2.34. The summed E-state index contributed by atoms with van der Waals surface area (Å²) in [6.45, 7) is 10.2. The van der Waals surface area contributed by atoms with Crippen LogP contribution in [0, 0.1) is 5.92 Å². The molecule has 0 saturated carbocycles. The highest BCUT2D eigenvalue weighted by molar-refractivity contribution is 5.30. The molecule has 1 aromatic rings. The fraction of sp³-hybridized carbons (Fsp3) is 0.667. The summed E-state index contributed by atoms with van der Waals surface area (Å²) in [5, 5.41) is 3.85. The average Bonchev–Trinajstić information content (AvgIpc) is 2.48. The van der Waals surface area contributed by atoms with Gasteiger partial charge in [-0.25, -0.2) is 0 Å². The largest absolute Gasteiger partial charge is 0.491 e. The first-order chi connectivity index (χ1) is 10.1. The molecule has 3 nitrogen and oxygen atoms in total. The lowest BCUT2D eigenvalue weighted by atomic mass is 9.83. The van der Waals surface area contributed by atoms with Crippen LogP contribution in [0.15, 0.2) is 24.3 Å². The standard InChI is InChI=1S/C18H28N2O/c1-13(2)21-17-6-4-5-16(11-17)14(3)19-18-12-20-9-7-15(18)8-10-20/h4-6,11,13-15,18-19H,7-10,12H2,1-3H3. The molecule has 2 bridgehead atoms. The number of nitrogens with zero attached hydrogens (tertiary/aromatic N) is 1. The molecule has 0 aromatic heterocycles. The van der Waals surface area contributed by atoms with Gasteiger partial charge in [0.15, 0.2) is 0 Å². The summed E-state index contributed by atoms with van der Waals surface area (Å²) in [7, 11) is 0. The van der Waals surface area contributed by atoms with Crippen molar-refractivity contribution < 1.29 is 4.74 Å². The van der Waals surface area contributed by atoms with Crippen LogP contribution in [0.1, 0.15) is 45.2 Å². The van der Waals surface area contributed by atoms with E-state index in [4.69, 9.17) is 4.74 Å². The van der Waals surface area contributed by atoms with Crippen molar-refractivity contribution in [2.45, 2.75) is 51.8 Å². The molecule has 3 aliphatic rings. The first-order valence-electron chi connectivity index (χ1n) is 8.37. The van der Waals surface area contributed by atoms with Crippen LogP contribution >= 0.6 is 0 Å². The first-order valence-corrected chi connectivity index (χ1v) is 8.37. The van der Waals surface area contributed by atoms with Crippen LogP contribution < -0.4 is 10.1 Å². The maximum absolute atomic E-state index is 5.81. The predicted molar refractivity (Wildman–Crippen MR) is 86.7 cm³/mol. The Hall–Kier alpha value is -1.06. The van der Waals surface area contributed by atoms with Gasteiger partial charge in [0.2, 0.25) is 0 Å². The molecule has 3 saturated heterocycles. The molecule has 3 heteroatoms. The minimum absolute atomic E-state index is 0.227. The molecule has 1 aromatic carbocycles. The van der Waals surface area contributed by atoms with E-state index in [-0.39, 0.29) is 6.10 Å². The van der Waals surface area contributed by atoms with Crippen molar-refractivity contribution in [1.82, 2.24) is 10.2 Å². The molecule has 3 fully saturated rings. The normalized spacial score (nSPS) is 29.6. The third-order valence-corrected chi connectivity index (χ3v) is 4.85. The monoisotopic (exact) mass is 288 g/mol. The maximum atomic E-state index is 5.81. The summed E-state index contributed by atoms with van der Waals surface area (Å²) in [4.78, 5) is 2.60. The summed E-state index contributed by atoms with van der Waals surface area (Å²) >= 11 is 0. The molecule has 2 unspecified atom stereocenters. The molecule has 21 heavy (non-hydrogen) atoms. The Morgan fingerprint density at radius 2 is 1.95 bits per heavy atom. The van der Waals surface area contributed by atoms with Crippen LogP contribution in [0.3, 0.4) is 0 Å². The lowest BCUT2D eigenvalue weighted by Crippen LogP contribution is -2.56. The molecule has 116 valence electrons. The topological polar surface area (TPSA) is 24.5 Å². The van der Waals surface area contributed by atoms with Crippen LogP contribution in [0.2, 0.25) is 0 Å². The molecule has 0 amide bonds. The Morgan fingerprint density at radius 1 is 1.19 bits per heavy atom. The maximum Gasteiger partial charge on any atom is 0.120 e. The van der Waals surface area contributed by atoms with Gasteiger partial charge in [0.25, 0.3) is 0 Å². The lowest BCUT2D eigenvalue weighted by molar-refractivity contribution is 0.0680. The van der Waals surface area contributed by atoms with Crippen LogP contribution in [0.25, 0.3) is 0 Å². The van der Waals surface area contributed by atoms with Crippen LogP contribution in [0.4, 0.5) is 0 Å². The van der Waals surface area contributed by atoms with Gasteiger partial charge in [-0.2, -0.15) is 0 Å². The van der Waals surface area contributed by atoms with E-state index in [2.05, 4.69) is 49.2 Å². The Balaban J connectivity index is 1.63. The summed E-state index contributed by atoms with van der Waals surface area (Å²) in [6, 6.07) is 9.56. The molecule has 1 N–H and O–H groups in total. The minimum atomic E-state index is 0.227. The van der Waals surface area contributed by atoms with Crippen molar-refractivity contribution in [1.29, 1.82) is 0 Å². The van der Waals surface area contributed by atoms with E-state index in [0.29, 0.717) is 12.1 Å². The number of rotatable bonds is 5. The van der Waals surface area contributed by atoms with Gasteiger partial charge in [0.1, 0.15) is 5.75 Å². The van der Waals surface area contributed by atoms with Gasteiger partial charge in [0.05, 0.1) is 6.10 Å². The summed E-state index contributed by atoms with van der Waals surface area (Å²) in [5.74, 6) is 1.85. The molecule has 2 atom stereocenters. The van der Waals surface area contributed by atoms with Gasteiger partial charge in [-0.15, -0.1) is 0 Å². The molecule has 3 heterocycles. The number of nitrogens with one attached hydrogen (secondary N) is 1. The van der Waals surface area contributed by atoms with Gasteiger partial charge in [-0.3, -0.25) is 0 Å². The van der Waals surface area contributed by atoms with Gasteiger partial charge < -0.3 is 15.0 Å². The van der Waals surface area contributed by atoms with E-state index in [1.54, 1.807) is 0 Å². The van der Waals surface area contributed by atoms with E-state index < -0.39 is 0 Å². The van der Waals surface area contributed by atoms with Crippen molar-refractivity contribution in [3.05, 3.63) is 29.8 Å². The summed E-state index contributed by atoms with van der Waals surface area (Å²) in [5.41, 5.74) is 1.32. The summed E-state index contributed by atoms with van der Waals surface area (Å²) in [6.07, 6.45) is 2.95. The molecule has 4 rings (SSSR count). The second-order valence-electron chi connectivity index (χ2n) is 6.87. The number of piperidine rings is 3. The quantitative estimate of drug-likeness (QED) is 0.900. The summed E-state index contributed by atoms with van der Waals surface area (Å²) < 4.78 is 5.81. The van der Waals surface area contributed by atoms with Crippen molar-refractivity contribution in [3.8, 4) is 5.75 Å². The first kappa shape index (κ1) is 14.9. The highest BCUT2D eigenvalue weighted by atomic mass is 16.5. The number of benzene rings is 1. The number of ether oxygens (including phenoxy) is 1. The Kier molecular flexibility index (Phi) is 4.51. The van der Waals surface area contributed by atoms with E-state index in [9.17, 15) is 0 Å². The van der Waals surface area contributed by atoms with Gasteiger partial charge in [0, 0.05) is 18.6 Å². The molecule has 0 spiro atoms. The second-order valence-corrected chi connectivity index (χ2v) is 6.87. The zero-order chi connectivity index (χ0) is 14.8. The Morgan fingerprint density at radius 3 is 2.57 bits per heavy atom. The third-order valence-electron chi connectivity index (χ3n) is 4.85. The number of fused-ring (bicyclic) bond motifs is 3. The van der Waals surface area contributed by atoms with Crippen molar-refractivity contribution in [2.24, 2.45) is 5.92 Å². The molecule has 3 aliphatic heterocycles. The smallest absolute Gasteiger partial charge is 0.120 e. The fourth-order valence-electron chi connectivity index (χ4n) is 3.70. The van der Waals surface area contributed by atoms with Gasteiger partial charge >= 0.3 is 0 Å². The molecule has 0 aliphatic carbocycles. The van der Waals surface area contributed by atoms with E-state index in [1.807, 2.05) is 6.07 Å². The fourth-order valence-corrected chi connectivity index (χ4v) is 3.70. The van der Waals surface area contributed by atoms with E-state index in [0.717, 1.165) is 11.7 Å². The van der Waals surface area contributed by atoms with Gasteiger partial charge in [-0.1, -0.05) is 12.1 Å². The zero-order valence-corrected chi connectivity index (χ0v) is 13.5. The van der Waals surface area contributed by atoms with Crippen molar-refractivity contribution in [3.63, 3.8) is 0 Å².